The number of aliphatic carboxylic acids is 1. The molecule has 0 radical (unpaired) electrons. The first-order valence-corrected chi connectivity index (χ1v) is 3.48. The SMILES string of the molecule is CCC[C@H](OC(C)=O)C(=O)O. The van der Waals surface area contributed by atoms with Gasteiger partial charge in [-0.05, 0) is 6.42 Å². The Morgan fingerprint density at radius 2 is 2.09 bits per heavy atom. The Hall–Kier alpha value is -1.06. The van der Waals surface area contributed by atoms with Gasteiger partial charge in [-0.25, -0.2) is 4.79 Å². The molecule has 0 aromatic carbocycles. The van der Waals surface area contributed by atoms with Crippen LogP contribution in [0.1, 0.15) is 26.7 Å². The molecule has 0 fully saturated rings. The van der Waals surface area contributed by atoms with Crippen molar-refractivity contribution < 1.29 is 19.4 Å². The molecule has 0 aliphatic rings. The molecule has 0 rings (SSSR count). The smallest absolute Gasteiger partial charge is 0.345 e. The number of hydrogen-bond donors (Lipinski definition) is 1. The summed E-state index contributed by atoms with van der Waals surface area (Å²) in [6.45, 7) is 3.03. The van der Waals surface area contributed by atoms with E-state index < -0.39 is 18.0 Å². The highest BCUT2D eigenvalue weighted by Crippen LogP contribution is 2.02. The van der Waals surface area contributed by atoms with Gasteiger partial charge >= 0.3 is 11.9 Å². The maximum Gasteiger partial charge on any atom is 0.345 e. The summed E-state index contributed by atoms with van der Waals surface area (Å²) in [6.07, 6.45) is 0.0802. The maximum atomic E-state index is 10.3. The lowest BCUT2D eigenvalue weighted by Gasteiger charge is -2.10. The van der Waals surface area contributed by atoms with Gasteiger partial charge in [0.25, 0.3) is 0 Å². The molecule has 0 spiro atoms. The van der Waals surface area contributed by atoms with Crippen LogP contribution in [0.3, 0.4) is 0 Å². The van der Waals surface area contributed by atoms with E-state index in [1.54, 1.807) is 0 Å². The van der Waals surface area contributed by atoms with Crippen LogP contribution in [-0.4, -0.2) is 23.1 Å². The Labute approximate surface area is 65.2 Å². The minimum Gasteiger partial charge on any atom is -0.479 e. The number of esters is 1. The minimum absolute atomic E-state index is 0.370. The molecule has 0 aromatic heterocycles. The third kappa shape index (κ3) is 4.36. The Bertz CT molecular complexity index is 153. The van der Waals surface area contributed by atoms with Gasteiger partial charge in [-0.1, -0.05) is 13.3 Å². The Balaban J connectivity index is 3.89. The van der Waals surface area contributed by atoms with Gasteiger partial charge in [0.1, 0.15) is 0 Å². The van der Waals surface area contributed by atoms with Crippen molar-refractivity contribution in [2.45, 2.75) is 32.8 Å². The van der Waals surface area contributed by atoms with Gasteiger partial charge in [0, 0.05) is 6.92 Å². The molecule has 64 valence electrons. The zero-order valence-corrected chi connectivity index (χ0v) is 6.66. The van der Waals surface area contributed by atoms with Crippen LogP contribution in [0.2, 0.25) is 0 Å². The summed E-state index contributed by atoms with van der Waals surface area (Å²) in [5.74, 6) is -1.63. The second kappa shape index (κ2) is 4.71. The van der Waals surface area contributed by atoms with Crippen LogP contribution in [-0.2, 0) is 14.3 Å². The maximum absolute atomic E-state index is 10.3. The average molecular weight is 160 g/mol. The quantitative estimate of drug-likeness (QED) is 0.618. The molecular formula is C7H12O4. The fraction of sp³-hybridized carbons (Fsp3) is 0.714. The summed E-state index contributed by atoms with van der Waals surface area (Å²) in [5.41, 5.74) is 0. The van der Waals surface area contributed by atoms with E-state index in [-0.39, 0.29) is 0 Å². The zero-order valence-electron chi connectivity index (χ0n) is 6.66. The number of carbonyl (C=O) groups is 2. The van der Waals surface area contributed by atoms with Gasteiger partial charge in [0.2, 0.25) is 0 Å². The van der Waals surface area contributed by atoms with Crippen LogP contribution in [0.4, 0.5) is 0 Å². The number of hydrogen-bond acceptors (Lipinski definition) is 3. The summed E-state index contributed by atoms with van der Waals surface area (Å²) >= 11 is 0. The van der Waals surface area contributed by atoms with E-state index in [9.17, 15) is 9.59 Å². The summed E-state index contributed by atoms with van der Waals surface area (Å²) in [4.78, 5) is 20.7. The van der Waals surface area contributed by atoms with E-state index in [1.165, 1.54) is 6.92 Å². The molecule has 11 heavy (non-hydrogen) atoms. The van der Waals surface area contributed by atoms with Gasteiger partial charge < -0.3 is 9.84 Å². The van der Waals surface area contributed by atoms with E-state index >= 15 is 0 Å². The Morgan fingerprint density at radius 1 is 1.55 bits per heavy atom. The summed E-state index contributed by atoms with van der Waals surface area (Å²) in [5, 5.41) is 8.48. The molecule has 0 saturated heterocycles. The molecule has 0 bridgehead atoms. The molecule has 0 aliphatic heterocycles. The van der Waals surface area contributed by atoms with Gasteiger partial charge in [-0.2, -0.15) is 0 Å². The van der Waals surface area contributed by atoms with Crippen molar-refractivity contribution in [2.75, 3.05) is 0 Å². The van der Waals surface area contributed by atoms with Crippen molar-refractivity contribution in [3.05, 3.63) is 0 Å². The van der Waals surface area contributed by atoms with Crippen molar-refractivity contribution in [1.82, 2.24) is 0 Å². The first kappa shape index (κ1) is 9.94. The lowest BCUT2D eigenvalue weighted by molar-refractivity contribution is -0.162. The highest BCUT2D eigenvalue weighted by atomic mass is 16.6. The number of carboxylic acid groups (broad SMARTS) is 1. The second-order valence-corrected chi connectivity index (χ2v) is 2.22. The topological polar surface area (TPSA) is 63.6 Å². The summed E-state index contributed by atoms with van der Waals surface area (Å²) in [7, 11) is 0. The van der Waals surface area contributed by atoms with Gasteiger partial charge in [0.15, 0.2) is 6.10 Å². The Morgan fingerprint density at radius 3 is 2.36 bits per heavy atom. The molecule has 1 N–H and O–H groups in total. The van der Waals surface area contributed by atoms with E-state index in [0.29, 0.717) is 12.8 Å². The predicted molar refractivity (Wildman–Crippen MR) is 38.1 cm³/mol. The first-order chi connectivity index (χ1) is 5.07. The predicted octanol–water partition coefficient (Wildman–Crippen LogP) is 0.803. The summed E-state index contributed by atoms with van der Waals surface area (Å²) < 4.78 is 4.51. The normalized spacial score (nSPS) is 12.2. The molecule has 1 atom stereocenters. The van der Waals surface area contributed by atoms with Crippen molar-refractivity contribution in [2.24, 2.45) is 0 Å². The monoisotopic (exact) mass is 160 g/mol. The highest BCUT2D eigenvalue weighted by molar-refractivity contribution is 5.76. The molecule has 4 heteroatoms. The zero-order chi connectivity index (χ0) is 8.85. The molecule has 0 heterocycles. The Kier molecular flexibility index (Phi) is 4.26. The van der Waals surface area contributed by atoms with E-state index in [4.69, 9.17) is 5.11 Å². The van der Waals surface area contributed by atoms with Crippen LogP contribution in [0.5, 0.6) is 0 Å². The van der Waals surface area contributed by atoms with E-state index in [0.717, 1.165) is 0 Å². The third-order valence-electron chi connectivity index (χ3n) is 1.13. The van der Waals surface area contributed by atoms with Crippen LogP contribution in [0.25, 0.3) is 0 Å². The number of ether oxygens (including phenoxy) is 1. The summed E-state index contributed by atoms with van der Waals surface area (Å²) in [6, 6.07) is 0. The molecule has 0 aromatic rings. The second-order valence-electron chi connectivity index (χ2n) is 2.22. The molecule has 0 unspecified atom stereocenters. The van der Waals surface area contributed by atoms with Crippen LogP contribution >= 0.6 is 0 Å². The largest absolute Gasteiger partial charge is 0.479 e. The van der Waals surface area contributed by atoms with Crippen LogP contribution in [0, 0.1) is 0 Å². The molecule has 0 aliphatic carbocycles. The van der Waals surface area contributed by atoms with Crippen LogP contribution in [0.15, 0.2) is 0 Å². The van der Waals surface area contributed by atoms with Gasteiger partial charge in [-0.15, -0.1) is 0 Å². The van der Waals surface area contributed by atoms with Gasteiger partial charge in [0.05, 0.1) is 0 Å². The lowest BCUT2D eigenvalue weighted by Crippen LogP contribution is -2.25. The van der Waals surface area contributed by atoms with E-state index in [1.807, 2.05) is 6.92 Å². The lowest BCUT2D eigenvalue weighted by atomic mass is 10.2. The van der Waals surface area contributed by atoms with Crippen LogP contribution < -0.4 is 0 Å². The van der Waals surface area contributed by atoms with Crippen molar-refractivity contribution in [3.8, 4) is 0 Å². The van der Waals surface area contributed by atoms with Crippen molar-refractivity contribution in [1.29, 1.82) is 0 Å². The molecular weight excluding hydrogens is 148 g/mol. The highest BCUT2D eigenvalue weighted by Gasteiger charge is 2.18. The molecule has 4 nitrogen and oxygen atoms in total. The van der Waals surface area contributed by atoms with Crippen molar-refractivity contribution >= 4 is 11.9 Å². The molecule has 0 amide bonds. The average Bonchev–Trinajstić information content (AvgIpc) is 1.86. The molecule has 0 saturated carbocycles. The first-order valence-electron chi connectivity index (χ1n) is 3.48. The fourth-order valence-corrected chi connectivity index (χ4v) is 0.695. The number of rotatable bonds is 4. The standard InChI is InChI=1S/C7H12O4/c1-3-4-6(7(9)10)11-5(2)8/h6H,3-4H2,1-2H3,(H,9,10)/t6-/m0/s1. The third-order valence-corrected chi connectivity index (χ3v) is 1.13. The van der Waals surface area contributed by atoms with Gasteiger partial charge in [-0.3, -0.25) is 4.79 Å². The minimum atomic E-state index is -1.08. The number of carbonyl (C=O) groups excluding carboxylic acids is 1. The van der Waals surface area contributed by atoms with Crippen molar-refractivity contribution in [3.63, 3.8) is 0 Å². The fourth-order valence-electron chi connectivity index (χ4n) is 0.695. The number of carboxylic acids is 1. The van der Waals surface area contributed by atoms with E-state index in [2.05, 4.69) is 4.74 Å².